The average molecular weight is 361 g/mol. The van der Waals surface area contributed by atoms with Crippen molar-refractivity contribution in [1.29, 1.82) is 5.26 Å². The highest BCUT2D eigenvalue weighted by atomic mass is 79.9. The number of nitrogens with one attached hydrogen (secondary N) is 1. The molecule has 0 unspecified atom stereocenters. The Labute approximate surface area is 125 Å². The molecule has 1 fully saturated rings. The Hall–Kier alpha value is -0.550. The number of hydrogen-bond acceptors (Lipinski definition) is 4. The second kappa shape index (κ2) is 5.44. The summed E-state index contributed by atoms with van der Waals surface area (Å²) in [7, 11) is -3.66. The number of nitriles is 1. The lowest BCUT2D eigenvalue weighted by atomic mass is 10.0. The number of sulfonamides is 1. The molecule has 0 radical (unpaired) electrons. The Morgan fingerprint density at radius 3 is 2.79 bits per heavy atom. The highest BCUT2D eigenvalue weighted by Crippen LogP contribution is 2.29. The van der Waals surface area contributed by atoms with Crippen molar-refractivity contribution in [3.63, 3.8) is 0 Å². The SMILES string of the molecule is Cc1cc(S(=O)(=O)N[C@]2(C#N)CCSC2)ccc1Br. The molecule has 0 bridgehead atoms. The second-order valence-electron chi connectivity index (χ2n) is 4.51. The first kappa shape index (κ1) is 14.9. The monoisotopic (exact) mass is 360 g/mol. The van der Waals surface area contributed by atoms with Crippen LogP contribution in [-0.4, -0.2) is 25.5 Å². The standard InChI is InChI=1S/C12H13BrN2O2S2/c1-9-6-10(2-3-11(9)13)19(16,17)15-12(7-14)4-5-18-8-12/h2-3,6,15H,4-5,8H2,1H3/t12-/m0/s1. The van der Waals surface area contributed by atoms with E-state index in [1.807, 2.05) is 6.92 Å². The number of nitrogens with zero attached hydrogens (tertiary/aromatic N) is 1. The van der Waals surface area contributed by atoms with Gasteiger partial charge in [0.2, 0.25) is 10.0 Å². The summed E-state index contributed by atoms with van der Waals surface area (Å²) < 4.78 is 28.1. The second-order valence-corrected chi connectivity index (χ2v) is 8.15. The van der Waals surface area contributed by atoms with Crippen LogP contribution in [0, 0.1) is 18.3 Å². The van der Waals surface area contributed by atoms with E-state index in [9.17, 15) is 13.7 Å². The molecule has 0 aromatic heterocycles. The molecule has 7 heteroatoms. The number of thioether (sulfide) groups is 1. The van der Waals surface area contributed by atoms with Crippen LogP contribution in [0.1, 0.15) is 12.0 Å². The average Bonchev–Trinajstić information content (AvgIpc) is 2.81. The van der Waals surface area contributed by atoms with Gasteiger partial charge in [-0.2, -0.15) is 21.7 Å². The molecule has 102 valence electrons. The van der Waals surface area contributed by atoms with Gasteiger partial charge in [-0.15, -0.1) is 0 Å². The third-order valence-corrected chi connectivity index (χ3v) is 6.62. The van der Waals surface area contributed by atoms with Crippen LogP contribution < -0.4 is 4.72 Å². The van der Waals surface area contributed by atoms with E-state index >= 15 is 0 Å². The summed E-state index contributed by atoms with van der Waals surface area (Å²) in [4.78, 5) is 0.194. The maximum Gasteiger partial charge on any atom is 0.241 e. The van der Waals surface area contributed by atoms with Crippen molar-refractivity contribution in [3.8, 4) is 6.07 Å². The predicted molar refractivity (Wildman–Crippen MR) is 79.5 cm³/mol. The van der Waals surface area contributed by atoms with Crippen LogP contribution in [0.3, 0.4) is 0 Å². The zero-order chi connectivity index (χ0) is 14.1. The minimum absolute atomic E-state index is 0.194. The number of benzene rings is 1. The van der Waals surface area contributed by atoms with Crippen LogP contribution in [0.15, 0.2) is 27.6 Å². The van der Waals surface area contributed by atoms with Gasteiger partial charge in [-0.3, -0.25) is 0 Å². The third kappa shape index (κ3) is 3.14. The van der Waals surface area contributed by atoms with Gasteiger partial charge in [0, 0.05) is 10.2 Å². The van der Waals surface area contributed by atoms with Crippen LogP contribution in [0.5, 0.6) is 0 Å². The summed E-state index contributed by atoms with van der Waals surface area (Å²) in [6, 6.07) is 6.94. The molecule has 1 aliphatic rings. The first-order valence-electron chi connectivity index (χ1n) is 5.68. The van der Waals surface area contributed by atoms with Gasteiger partial charge in [0.05, 0.1) is 11.0 Å². The molecule has 0 saturated carbocycles. The normalized spacial score (nSPS) is 23.2. The fourth-order valence-corrected chi connectivity index (χ4v) is 4.89. The summed E-state index contributed by atoms with van der Waals surface area (Å²) in [5.41, 5.74) is -0.125. The van der Waals surface area contributed by atoms with Crippen molar-refractivity contribution in [3.05, 3.63) is 28.2 Å². The first-order valence-corrected chi connectivity index (χ1v) is 9.11. The van der Waals surface area contributed by atoms with Crippen molar-refractivity contribution in [1.82, 2.24) is 4.72 Å². The lowest BCUT2D eigenvalue weighted by molar-refractivity contribution is 0.515. The number of rotatable bonds is 3. The van der Waals surface area contributed by atoms with Crippen molar-refractivity contribution in [2.45, 2.75) is 23.8 Å². The smallest absolute Gasteiger partial charge is 0.207 e. The Kier molecular flexibility index (Phi) is 4.26. The largest absolute Gasteiger partial charge is 0.241 e. The van der Waals surface area contributed by atoms with Crippen LogP contribution in [0.4, 0.5) is 0 Å². The summed E-state index contributed by atoms with van der Waals surface area (Å²) in [6.07, 6.45) is 0.545. The predicted octanol–water partition coefficient (Wildman–Crippen LogP) is 2.44. The molecule has 1 aromatic rings. The molecule has 4 nitrogen and oxygen atoms in total. The van der Waals surface area contributed by atoms with E-state index in [0.717, 1.165) is 15.8 Å². The van der Waals surface area contributed by atoms with E-state index < -0.39 is 15.6 Å². The molecule has 1 aliphatic heterocycles. The number of halogens is 1. The molecule has 1 atom stereocenters. The van der Waals surface area contributed by atoms with E-state index in [1.165, 1.54) is 6.07 Å². The highest BCUT2D eigenvalue weighted by molar-refractivity contribution is 9.10. The van der Waals surface area contributed by atoms with E-state index in [0.29, 0.717) is 12.2 Å². The molecule has 19 heavy (non-hydrogen) atoms. The van der Waals surface area contributed by atoms with Gasteiger partial charge in [-0.1, -0.05) is 15.9 Å². The van der Waals surface area contributed by atoms with Gasteiger partial charge in [-0.05, 0) is 42.9 Å². The zero-order valence-corrected chi connectivity index (χ0v) is 13.5. The third-order valence-electron chi connectivity index (χ3n) is 3.01. The molecule has 1 heterocycles. The fourth-order valence-electron chi connectivity index (χ4n) is 1.86. The molecule has 1 N–H and O–H groups in total. The lowest BCUT2D eigenvalue weighted by Crippen LogP contribution is -2.47. The Balaban J connectivity index is 2.32. The van der Waals surface area contributed by atoms with Gasteiger partial charge >= 0.3 is 0 Å². The van der Waals surface area contributed by atoms with E-state index in [1.54, 1.807) is 23.9 Å². The quantitative estimate of drug-likeness (QED) is 0.898. The van der Waals surface area contributed by atoms with Crippen molar-refractivity contribution in [2.24, 2.45) is 0 Å². The summed E-state index contributed by atoms with van der Waals surface area (Å²) >= 11 is 4.93. The Morgan fingerprint density at radius 2 is 2.26 bits per heavy atom. The van der Waals surface area contributed by atoms with Gasteiger partial charge in [-0.25, -0.2) is 8.42 Å². The van der Waals surface area contributed by atoms with Crippen molar-refractivity contribution < 1.29 is 8.42 Å². The van der Waals surface area contributed by atoms with E-state index in [2.05, 4.69) is 26.7 Å². The molecule has 0 spiro atoms. The summed E-state index contributed by atoms with van der Waals surface area (Å²) in [5.74, 6) is 1.30. The van der Waals surface area contributed by atoms with Gasteiger partial charge < -0.3 is 0 Å². The maximum atomic E-state index is 12.3. The number of aryl methyl sites for hydroxylation is 1. The Morgan fingerprint density at radius 1 is 1.53 bits per heavy atom. The van der Waals surface area contributed by atoms with Gasteiger partial charge in [0.25, 0.3) is 0 Å². The Bertz CT molecular complexity index is 632. The molecule has 1 saturated heterocycles. The first-order chi connectivity index (χ1) is 8.88. The highest BCUT2D eigenvalue weighted by Gasteiger charge is 2.38. The fraction of sp³-hybridized carbons (Fsp3) is 0.417. The van der Waals surface area contributed by atoms with Gasteiger partial charge in [0.1, 0.15) is 5.54 Å². The number of hydrogen-bond donors (Lipinski definition) is 1. The molecular weight excluding hydrogens is 348 g/mol. The van der Waals surface area contributed by atoms with Crippen molar-refractivity contribution in [2.75, 3.05) is 11.5 Å². The van der Waals surface area contributed by atoms with Gasteiger partial charge in [0.15, 0.2) is 0 Å². The van der Waals surface area contributed by atoms with E-state index in [-0.39, 0.29) is 4.90 Å². The summed E-state index contributed by atoms with van der Waals surface area (Å²) in [5, 5.41) is 9.23. The van der Waals surface area contributed by atoms with Crippen LogP contribution in [0.25, 0.3) is 0 Å². The van der Waals surface area contributed by atoms with Crippen LogP contribution >= 0.6 is 27.7 Å². The molecule has 0 aliphatic carbocycles. The topological polar surface area (TPSA) is 70.0 Å². The maximum absolute atomic E-state index is 12.3. The molecular formula is C12H13BrN2O2S2. The minimum atomic E-state index is -3.66. The minimum Gasteiger partial charge on any atom is -0.207 e. The molecule has 0 amide bonds. The molecule has 1 aromatic carbocycles. The van der Waals surface area contributed by atoms with Crippen LogP contribution in [0.2, 0.25) is 0 Å². The van der Waals surface area contributed by atoms with Crippen LogP contribution in [-0.2, 0) is 10.0 Å². The summed E-state index contributed by atoms with van der Waals surface area (Å²) in [6.45, 7) is 1.83. The lowest BCUT2D eigenvalue weighted by Gasteiger charge is -2.21. The van der Waals surface area contributed by atoms with Crippen molar-refractivity contribution >= 4 is 37.7 Å². The molecule has 2 rings (SSSR count). The zero-order valence-electron chi connectivity index (χ0n) is 10.3. The van der Waals surface area contributed by atoms with E-state index in [4.69, 9.17) is 0 Å².